The summed E-state index contributed by atoms with van der Waals surface area (Å²) >= 11 is 4.74. The molecule has 2 aromatic rings. The minimum absolute atomic E-state index is 0.177. The molecule has 1 N–H and O–H groups in total. The highest BCUT2D eigenvalue weighted by Gasteiger charge is 2.34. The van der Waals surface area contributed by atoms with E-state index in [-0.39, 0.29) is 12.2 Å². The number of carbonyl (C=O) groups is 2. The second-order valence-electron chi connectivity index (χ2n) is 6.35. The van der Waals surface area contributed by atoms with Crippen molar-refractivity contribution in [2.45, 2.75) is 32.9 Å². The van der Waals surface area contributed by atoms with Crippen LogP contribution in [0.1, 0.15) is 37.4 Å². The molecule has 1 unspecified atom stereocenters. The fraction of sp³-hybridized carbons (Fsp3) is 0.300. The molecule has 3 rings (SSSR count). The number of nitrogens with zero attached hydrogens (tertiary/aromatic N) is 2. The lowest BCUT2D eigenvalue weighted by molar-refractivity contribution is -0.164. The molecular weight excluding hydrogens is 477 g/mol. The molecule has 1 aliphatic heterocycles. The lowest BCUT2D eigenvalue weighted by atomic mass is 9.96. The summed E-state index contributed by atoms with van der Waals surface area (Å²) in [6.45, 7) is 4.99. The smallest absolute Gasteiger partial charge is 0.347 e. The maximum Gasteiger partial charge on any atom is 0.347 e. The fourth-order valence-corrected chi connectivity index (χ4v) is 4.03. The Labute approximate surface area is 185 Å². The molecule has 0 saturated carbocycles. The normalized spacial score (nSPS) is 17.1. The number of aromatic nitrogens is 1. The van der Waals surface area contributed by atoms with Gasteiger partial charge in [-0.15, -0.1) is 11.3 Å². The molecule has 158 valence electrons. The van der Waals surface area contributed by atoms with Crippen LogP contribution in [0, 0.1) is 5.82 Å². The topological polar surface area (TPSA) is 89.9 Å². The number of nitrogens with one attached hydrogen (secondary N) is 1. The predicted octanol–water partition coefficient (Wildman–Crippen LogP) is 3.90. The third kappa shape index (κ3) is 4.76. The van der Waals surface area contributed by atoms with Crippen LogP contribution in [0.15, 0.2) is 50.5 Å². The zero-order chi connectivity index (χ0) is 21.8. The average molecular weight is 496 g/mol. The SMILES string of the molecule is CCOC(=O)[C@@H](C)OC(=O)C1=C(C)NC(c2nccs2)=NC1c1ccc(F)cc1Br. The average Bonchev–Trinajstić information content (AvgIpc) is 3.22. The van der Waals surface area contributed by atoms with Crippen LogP contribution in [0.3, 0.4) is 0 Å². The molecule has 7 nitrogen and oxygen atoms in total. The minimum atomic E-state index is -1.08. The molecule has 0 fully saturated rings. The Bertz CT molecular complexity index is 1020. The second kappa shape index (κ2) is 9.48. The Hall–Kier alpha value is -2.59. The zero-order valence-corrected chi connectivity index (χ0v) is 18.8. The van der Waals surface area contributed by atoms with E-state index in [1.54, 1.807) is 26.1 Å². The maximum atomic E-state index is 13.6. The van der Waals surface area contributed by atoms with Crippen LogP contribution in [-0.4, -0.2) is 35.5 Å². The van der Waals surface area contributed by atoms with E-state index in [1.165, 1.54) is 30.4 Å². The molecule has 0 amide bonds. The summed E-state index contributed by atoms with van der Waals surface area (Å²) in [6, 6.07) is 3.35. The highest BCUT2D eigenvalue weighted by molar-refractivity contribution is 9.10. The van der Waals surface area contributed by atoms with Gasteiger partial charge in [-0.2, -0.15) is 0 Å². The largest absolute Gasteiger partial charge is 0.463 e. The maximum absolute atomic E-state index is 13.6. The van der Waals surface area contributed by atoms with Gasteiger partial charge >= 0.3 is 11.9 Å². The van der Waals surface area contributed by atoms with Gasteiger partial charge in [0.1, 0.15) is 11.9 Å². The molecule has 30 heavy (non-hydrogen) atoms. The molecule has 10 heteroatoms. The van der Waals surface area contributed by atoms with E-state index >= 15 is 0 Å². The second-order valence-corrected chi connectivity index (χ2v) is 8.10. The Kier molecular flexibility index (Phi) is 6.99. The van der Waals surface area contributed by atoms with E-state index in [4.69, 9.17) is 9.47 Å². The van der Waals surface area contributed by atoms with Gasteiger partial charge in [-0.1, -0.05) is 22.0 Å². The van der Waals surface area contributed by atoms with Crippen LogP contribution in [-0.2, 0) is 19.1 Å². The third-order valence-corrected chi connectivity index (χ3v) is 5.72. The van der Waals surface area contributed by atoms with Gasteiger partial charge in [-0.3, -0.25) is 4.99 Å². The van der Waals surface area contributed by atoms with Gasteiger partial charge < -0.3 is 14.8 Å². The molecule has 1 aliphatic rings. The van der Waals surface area contributed by atoms with E-state index in [0.29, 0.717) is 26.6 Å². The summed E-state index contributed by atoms with van der Waals surface area (Å²) < 4.78 is 24.3. The molecular formula is C20H19BrFN3O4S. The summed E-state index contributed by atoms with van der Waals surface area (Å²) in [4.78, 5) is 33.8. The monoisotopic (exact) mass is 495 g/mol. The van der Waals surface area contributed by atoms with Crippen molar-refractivity contribution in [3.8, 4) is 0 Å². The van der Waals surface area contributed by atoms with Gasteiger partial charge in [-0.25, -0.2) is 19.0 Å². The highest BCUT2D eigenvalue weighted by Crippen LogP contribution is 2.36. The summed E-state index contributed by atoms with van der Waals surface area (Å²) in [5.74, 6) is -1.30. The first-order chi connectivity index (χ1) is 14.3. The Balaban J connectivity index is 2.00. The van der Waals surface area contributed by atoms with Crippen molar-refractivity contribution in [2.24, 2.45) is 4.99 Å². The summed E-state index contributed by atoms with van der Waals surface area (Å²) in [5, 5.41) is 5.53. The predicted molar refractivity (Wildman–Crippen MR) is 114 cm³/mol. The first kappa shape index (κ1) is 22.1. The number of esters is 2. The zero-order valence-electron chi connectivity index (χ0n) is 16.4. The number of allylic oxidation sites excluding steroid dienone is 1. The molecule has 2 heterocycles. The summed E-state index contributed by atoms with van der Waals surface area (Å²) in [5.41, 5.74) is 1.28. The summed E-state index contributed by atoms with van der Waals surface area (Å²) in [7, 11) is 0. The lowest BCUT2D eigenvalue weighted by Crippen LogP contribution is -2.35. The number of hydrogen-bond donors (Lipinski definition) is 1. The van der Waals surface area contributed by atoms with Crippen molar-refractivity contribution < 1.29 is 23.5 Å². The van der Waals surface area contributed by atoms with Gasteiger partial charge in [0.25, 0.3) is 0 Å². The minimum Gasteiger partial charge on any atom is -0.463 e. The van der Waals surface area contributed by atoms with Crippen molar-refractivity contribution in [3.63, 3.8) is 0 Å². The Morgan fingerprint density at radius 1 is 1.40 bits per heavy atom. The van der Waals surface area contributed by atoms with Crippen molar-refractivity contribution in [1.82, 2.24) is 10.3 Å². The lowest BCUT2D eigenvalue weighted by Gasteiger charge is -2.26. The van der Waals surface area contributed by atoms with Crippen molar-refractivity contribution >= 4 is 45.0 Å². The van der Waals surface area contributed by atoms with Crippen LogP contribution in [0.4, 0.5) is 4.39 Å². The van der Waals surface area contributed by atoms with Crippen LogP contribution in [0.5, 0.6) is 0 Å². The van der Waals surface area contributed by atoms with E-state index in [2.05, 4.69) is 31.2 Å². The first-order valence-electron chi connectivity index (χ1n) is 9.09. The first-order valence-corrected chi connectivity index (χ1v) is 10.8. The van der Waals surface area contributed by atoms with Crippen molar-refractivity contribution in [1.29, 1.82) is 0 Å². The number of aliphatic imine (C=N–C) groups is 1. The molecule has 0 saturated heterocycles. The molecule has 1 aromatic heterocycles. The summed E-state index contributed by atoms with van der Waals surface area (Å²) in [6.07, 6.45) is 0.566. The number of rotatable bonds is 6. The van der Waals surface area contributed by atoms with Gasteiger partial charge in [0.2, 0.25) is 0 Å². The van der Waals surface area contributed by atoms with Crippen molar-refractivity contribution in [3.05, 3.63) is 61.9 Å². The molecule has 2 atom stereocenters. The molecule has 1 aromatic carbocycles. The van der Waals surface area contributed by atoms with E-state index in [9.17, 15) is 14.0 Å². The Morgan fingerprint density at radius 2 is 2.17 bits per heavy atom. The van der Waals surface area contributed by atoms with E-state index in [0.717, 1.165) is 0 Å². The van der Waals surface area contributed by atoms with Crippen LogP contribution in [0.2, 0.25) is 0 Å². The molecule has 0 bridgehead atoms. The fourth-order valence-electron chi connectivity index (χ4n) is 2.87. The number of hydrogen-bond acceptors (Lipinski definition) is 8. The number of thiazole rings is 1. The molecule has 0 aliphatic carbocycles. The van der Waals surface area contributed by atoms with E-state index in [1.807, 2.05) is 5.38 Å². The van der Waals surface area contributed by atoms with Crippen LogP contribution < -0.4 is 5.32 Å². The number of halogens is 2. The quantitative estimate of drug-likeness (QED) is 0.611. The number of amidine groups is 1. The third-order valence-electron chi connectivity index (χ3n) is 4.26. The molecule has 0 radical (unpaired) electrons. The molecule has 0 spiro atoms. The van der Waals surface area contributed by atoms with Crippen LogP contribution >= 0.6 is 27.3 Å². The van der Waals surface area contributed by atoms with Gasteiger partial charge in [0, 0.05) is 21.7 Å². The van der Waals surface area contributed by atoms with E-state index < -0.39 is 29.9 Å². The van der Waals surface area contributed by atoms with Crippen LogP contribution in [0.25, 0.3) is 0 Å². The number of benzene rings is 1. The van der Waals surface area contributed by atoms with Crippen molar-refractivity contribution in [2.75, 3.05) is 6.61 Å². The highest BCUT2D eigenvalue weighted by atomic mass is 79.9. The van der Waals surface area contributed by atoms with Gasteiger partial charge in [0.05, 0.1) is 12.2 Å². The van der Waals surface area contributed by atoms with Gasteiger partial charge in [0.15, 0.2) is 16.9 Å². The number of ether oxygens (including phenoxy) is 2. The number of carbonyl (C=O) groups excluding carboxylic acids is 2. The Morgan fingerprint density at radius 3 is 2.80 bits per heavy atom. The van der Waals surface area contributed by atoms with Gasteiger partial charge in [-0.05, 0) is 38.5 Å². The standard InChI is InChI=1S/C20H19BrFN3O4S/c1-4-28-19(26)11(3)29-20(27)15-10(2)24-17(18-23-7-8-30-18)25-16(15)13-6-5-12(22)9-14(13)21/h5-9,11,16H,4H2,1-3H3,(H,24,25)/t11-,16?/m1/s1.